The third-order valence-corrected chi connectivity index (χ3v) is 3.69. The molecule has 1 aliphatic carbocycles. The molecule has 4 heteroatoms. The van der Waals surface area contributed by atoms with Crippen LogP contribution in [0, 0.1) is 5.92 Å². The molecular formula is C12H23N3O. The summed E-state index contributed by atoms with van der Waals surface area (Å²) in [6, 6.07) is 0.576. The second-order valence-electron chi connectivity index (χ2n) is 5.26. The summed E-state index contributed by atoms with van der Waals surface area (Å²) in [5.41, 5.74) is 0. The first-order valence-electron chi connectivity index (χ1n) is 6.36. The van der Waals surface area contributed by atoms with Crippen molar-refractivity contribution in [3.8, 4) is 0 Å². The number of likely N-dealkylation sites (N-methyl/N-ethyl adjacent to an activating group) is 1. The van der Waals surface area contributed by atoms with Gasteiger partial charge in [-0.25, -0.2) is 0 Å². The van der Waals surface area contributed by atoms with Crippen molar-refractivity contribution >= 4 is 5.91 Å². The van der Waals surface area contributed by atoms with Gasteiger partial charge in [-0.2, -0.15) is 0 Å². The minimum atomic E-state index is 0.0574. The molecule has 0 aromatic rings. The molecule has 0 aromatic heterocycles. The lowest BCUT2D eigenvalue weighted by Gasteiger charge is -2.25. The second kappa shape index (κ2) is 5.15. The molecular weight excluding hydrogens is 202 g/mol. The molecule has 0 radical (unpaired) electrons. The summed E-state index contributed by atoms with van der Waals surface area (Å²) in [5, 5.41) is 6.31. The SMILES string of the molecule is CN(C)C(CNC(=O)C1CCCN1)C1CC1. The number of rotatable bonds is 5. The third-order valence-electron chi connectivity index (χ3n) is 3.69. The average molecular weight is 225 g/mol. The highest BCUT2D eigenvalue weighted by atomic mass is 16.2. The molecule has 1 saturated carbocycles. The largest absolute Gasteiger partial charge is 0.353 e. The highest BCUT2D eigenvalue weighted by Crippen LogP contribution is 2.34. The zero-order valence-electron chi connectivity index (χ0n) is 10.3. The van der Waals surface area contributed by atoms with E-state index >= 15 is 0 Å². The van der Waals surface area contributed by atoms with Gasteiger partial charge in [-0.3, -0.25) is 4.79 Å². The molecule has 2 rings (SSSR count). The quantitative estimate of drug-likeness (QED) is 0.702. The Morgan fingerprint density at radius 2 is 2.19 bits per heavy atom. The summed E-state index contributed by atoms with van der Waals surface area (Å²) in [6.45, 7) is 1.78. The standard InChI is InChI=1S/C12H23N3O/c1-15(2)11(9-5-6-9)8-14-12(16)10-4-3-7-13-10/h9-11,13H,3-8H2,1-2H3,(H,14,16). The zero-order chi connectivity index (χ0) is 11.5. The van der Waals surface area contributed by atoms with Crippen LogP contribution in [-0.4, -0.2) is 50.1 Å². The summed E-state index contributed by atoms with van der Waals surface area (Å²) in [7, 11) is 4.20. The summed E-state index contributed by atoms with van der Waals surface area (Å²) in [5.74, 6) is 0.983. The molecule has 2 aliphatic rings. The van der Waals surface area contributed by atoms with Gasteiger partial charge >= 0.3 is 0 Å². The highest BCUT2D eigenvalue weighted by Gasteiger charge is 2.33. The molecule has 1 heterocycles. The van der Waals surface area contributed by atoms with E-state index in [0.717, 1.165) is 31.8 Å². The minimum absolute atomic E-state index is 0.0574. The highest BCUT2D eigenvalue weighted by molar-refractivity contribution is 5.82. The lowest BCUT2D eigenvalue weighted by molar-refractivity contribution is -0.123. The zero-order valence-corrected chi connectivity index (χ0v) is 10.3. The Morgan fingerprint density at radius 3 is 2.69 bits per heavy atom. The van der Waals surface area contributed by atoms with E-state index in [2.05, 4.69) is 29.6 Å². The Hall–Kier alpha value is -0.610. The lowest BCUT2D eigenvalue weighted by atomic mass is 10.1. The number of amides is 1. The van der Waals surface area contributed by atoms with Gasteiger partial charge in [0.05, 0.1) is 6.04 Å². The molecule has 4 nitrogen and oxygen atoms in total. The van der Waals surface area contributed by atoms with Gasteiger partial charge in [0.1, 0.15) is 0 Å². The summed E-state index contributed by atoms with van der Waals surface area (Å²) in [6.07, 6.45) is 4.75. The van der Waals surface area contributed by atoms with E-state index in [1.807, 2.05) is 0 Å². The first-order valence-corrected chi connectivity index (χ1v) is 6.36. The Labute approximate surface area is 97.8 Å². The predicted octanol–water partition coefficient (Wildman–Crippen LogP) is 0.195. The molecule has 2 unspecified atom stereocenters. The van der Waals surface area contributed by atoms with E-state index in [1.54, 1.807) is 0 Å². The average Bonchev–Trinajstić information content (AvgIpc) is 2.93. The fourth-order valence-electron chi connectivity index (χ4n) is 2.49. The molecule has 1 saturated heterocycles. The fraction of sp³-hybridized carbons (Fsp3) is 0.917. The molecule has 2 fully saturated rings. The molecule has 1 amide bonds. The first-order chi connectivity index (χ1) is 7.68. The molecule has 2 N–H and O–H groups in total. The number of hydrogen-bond acceptors (Lipinski definition) is 3. The number of nitrogens with one attached hydrogen (secondary N) is 2. The summed E-state index contributed by atoms with van der Waals surface area (Å²) in [4.78, 5) is 14.1. The molecule has 0 spiro atoms. The van der Waals surface area contributed by atoms with E-state index in [4.69, 9.17) is 0 Å². The smallest absolute Gasteiger partial charge is 0.237 e. The van der Waals surface area contributed by atoms with Crippen LogP contribution in [-0.2, 0) is 4.79 Å². The Morgan fingerprint density at radius 1 is 1.44 bits per heavy atom. The van der Waals surface area contributed by atoms with Crippen LogP contribution in [0.2, 0.25) is 0 Å². The second-order valence-corrected chi connectivity index (χ2v) is 5.26. The number of carbonyl (C=O) groups excluding carboxylic acids is 1. The van der Waals surface area contributed by atoms with Crippen molar-refractivity contribution in [3.63, 3.8) is 0 Å². The van der Waals surface area contributed by atoms with Gasteiger partial charge in [-0.1, -0.05) is 0 Å². The molecule has 2 atom stereocenters. The molecule has 92 valence electrons. The van der Waals surface area contributed by atoms with Crippen LogP contribution < -0.4 is 10.6 Å². The Balaban J connectivity index is 1.74. The third kappa shape index (κ3) is 2.95. The van der Waals surface area contributed by atoms with Crippen LogP contribution in [0.3, 0.4) is 0 Å². The van der Waals surface area contributed by atoms with Crippen molar-refractivity contribution in [2.45, 2.75) is 37.8 Å². The number of carbonyl (C=O) groups is 1. The van der Waals surface area contributed by atoms with Crippen molar-refractivity contribution in [1.29, 1.82) is 0 Å². The number of nitrogens with zero attached hydrogens (tertiary/aromatic N) is 1. The maximum Gasteiger partial charge on any atom is 0.237 e. The van der Waals surface area contributed by atoms with Gasteiger partial charge in [0.25, 0.3) is 0 Å². The van der Waals surface area contributed by atoms with E-state index < -0.39 is 0 Å². The first kappa shape index (κ1) is 11.9. The minimum Gasteiger partial charge on any atom is -0.353 e. The van der Waals surface area contributed by atoms with Crippen molar-refractivity contribution < 1.29 is 4.79 Å². The van der Waals surface area contributed by atoms with Crippen LogP contribution in [0.4, 0.5) is 0 Å². The monoisotopic (exact) mass is 225 g/mol. The van der Waals surface area contributed by atoms with Gasteiger partial charge in [0, 0.05) is 12.6 Å². The summed E-state index contributed by atoms with van der Waals surface area (Å²) >= 11 is 0. The topological polar surface area (TPSA) is 44.4 Å². The van der Waals surface area contributed by atoms with E-state index in [1.165, 1.54) is 12.8 Å². The van der Waals surface area contributed by atoms with Crippen LogP contribution in [0.25, 0.3) is 0 Å². The van der Waals surface area contributed by atoms with E-state index in [-0.39, 0.29) is 11.9 Å². The van der Waals surface area contributed by atoms with Gasteiger partial charge in [0.15, 0.2) is 0 Å². The maximum atomic E-state index is 11.8. The van der Waals surface area contributed by atoms with Crippen LogP contribution >= 0.6 is 0 Å². The number of hydrogen-bond donors (Lipinski definition) is 2. The van der Waals surface area contributed by atoms with Crippen molar-refractivity contribution in [2.75, 3.05) is 27.2 Å². The van der Waals surface area contributed by atoms with Crippen LogP contribution in [0.15, 0.2) is 0 Å². The Kier molecular flexibility index (Phi) is 3.82. The molecule has 1 aliphatic heterocycles. The van der Waals surface area contributed by atoms with Gasteiger partial charge in [-0.05, 0) is 52.2 Å². The lowest BCUT2D eigenvalue weighted by Crippen LogP contribution is -2.47. The molecule has 0 bridgehead atoms. The van der Waals surface area contributed by atoms with Gasteiger partial charge < -0.3 is 15.5 Å². The van der Waals surface area contributed by atoms with E-state index in [0.29, 0.717) is 6.04 Å². The molecule has 0 aromatic carbocycles. The van der Waals surface area contributed by atoms with Crippen molar-refractivity contribution in [3.05, 3.63) is 0 Å². The summed E-state index contributed by atoms with van der Waals surface area (Å²) < 4.78 is 0. The Bertz CT molecular complexity index is 243. The predicted molar refractivity (Wildman–Crippen MR) is 64.2 cm³/mol. The normalized spacial score (nSPS) is 27.1. The van der Waals surface area contributed by atoms with Crippen LogP contribution in [0.1, 0.15) is 25.7 Å². The van der Waals surface area contributed by atoms with Crippen molar-refractivity contribution in [2.24, 2.45) is 5.92 Å². The molecule has 16 heavy (non-hydrogen) atoms. The van der Waals surface area contributed by atoms with Gasteiger partial charge in [0.2, 0.25) is 5.91 Å². The van der Waals surface area contributed by atoms with Crippen LogP contribution in [0.5, 0.6) is 0 Å². The maximum absolute atomic E-state index is 11.8. The fourth-order valence-corrected chi connectivity index (χ4v) is 2.49. The van der Waals surface area contributed by atoms with Gasteiger partial charge in [-0.15, -0.1) is 0 Å². The van der Waals surface area contributed by atoms with E-state index in [9.17, 15) is 4.79 Å². The van der Waals surface area contributed by atoms with Crippen molar-refractivity contribution in [1.82, 2.24) is 15.5 Å².